The summed E-state index contributed by atoms with van der Waals surface area (Å²) < 4.78 is 20.3. The molecular weight excluding hydrogens is 422 g/mol. The van der Waals surface area contributed by atoms with Crippen molar-refractivity contribution in [2.75, 3.05) is 7.11 Å². The van der Waals surface area contributed by atoms with E-state index < -0.39 is 5.38 Å². The zero-order valence-corrected chi connectivity index (χ0v) is 15.7. The summed E-state index contributed by atoms with van der Waals surface area (Å²) in [5, 5.41) is -0.423. The van der Waals surface area contributed by atoms with Crippen LogP contribution in [-0.4, -0.2) is 7.11 Å². The normalized spacial score (nSPS) is 12.3. The molecule has 0 amide bonds. The zero-order chi connectivity index (χ0) is 15.7. The van der Waals surface area contributed by atoms with Gasteiger partial charge in [0.25, 0.3) is 0 Å². The van der Waals surface area contributed by atoms with Crippen LogP contribution in [0.4, 0.5) is 4.39 Å². The molecule has 0 saturated heterocycles. The minimum Gasteiger partial charge on any atom is -0.496 e. The van der Waals surface area contributed by atoms with Gasteiger partial charge in [0.05, 0.1) is 17.0 Å². The number of benzene rings is 2. The van der Waals surface area contributed by atoms with Gasteiger partial charge in [0.1, 0.15) is 11.6 Å². The summed E-state index contributed by atoms with van der Waals surface area (Å²) >= 11 is 13.4. The molecule has 5 heteroatoms. The maximum atomic E-state index is 13.4. The van der Waals surface area contributed by atoms with E-state index in [-0.39, 0.29) is 5.82 Å². The summed E-state index contributed by atoms with van der Waals surface area (Å²) in [6, 6.07) is 6.79. The van der Waals surface area contributed by atoms with Crippen molar-refractivity contribution < 1.29 is 9.13 Å². The van der Waals surface area contributed by atoms with E-state index in [4.69, 9.17) is 16.3 Å². The molecule has 0 spiro atoms. The molecule has 0 bridgehead atoms. The van der Waals surface area contributed by atoms with Crippen molar-refractivity contribution >= 4 is 43.5 Å². The topological polar surface area (TPSA) is 9.23 Å². The van der Waals surface area contributed by atoms with Gasteiger partial charge in [-0.25, -0.2) is 4.39 Å². The largest absolute Gasteiger partial charge is 0.496 e. The second-order valence-electron chi connectivity index (χ2n) is 4.78. The Balaban J connectivity index is 2.62. The molecule has 0 N–H and O–H groups in total. The first-order valence-corrected chi connectivity index (χ1v) is 8.31. The van der Waals surface area contributed by atoms with Crippen LogP contribution in [0.25, 0.3) is 0 Å². The first kappa shape index (κ1) is 16.8. The third-order valence-electron chi connectivity index (χ3n) is 3.40. The fourth-order valence-corrected chi connectivity index (χ4v) is 3.64. The van der Waals surface area contributed by atoms with Gasteiger partial charge in [0.2, 0.25) is 0 Å². The van der Waals surface area contributed by atoms with E-state index in [1.807, 2.05) is 19.9 Å². The highest BCUT2D eigenvalue weighted by Crippen LogP contribution is 2.42. The Hall–Kier alpha value is -0.580. The van der Waals surface area contributed by atoms with Crippen molar-refractivity contribution in [2.45, 2.75) is 19.2 Å². The molecule has 0 fully saturated rings. The maximum absolute atomic E-state index is 13.4. The first-order valence-electron chi connectivity index (χ1n) is 6.29. The molecule has 0 aliphatic rings. The van der Waals surface area contributed by atoms with Gasteiger partial charge in [-0.15, -0.1) is 11.6 Å². The highest BCUT2D eigenvalue weighted by atomic mass is 79.9. The van der Waals surface area contributed by atoms with Gasteiger partial charge in [0, 0.05) is 10.0 Å². The van der Waals surface area contributed by atoms with Gasteiger partial charge in [0.15, 0.2) is 0 Å². The van der Waals surface area contributed by atoms with Crippen LogP contribution in [0.3, 0.4) is 0 Å². The predicted octanol–water partition coefficient (Wildman–Crippen LogP) is 6.30. The van der Waals surface area contributed by atoms with Crippen LogP contribution >= 0.6 is 43.5 Å². The highest BCUT2D eigenvalue weighted by molar-refractivity contribution is 9.10. The zero-order valence-electron chi connectivity index (χ0n) is 11.8. The average Bonchev–Trinajstić information content (AvgIpc) is 2.44. The molecule has 0 aliphatic heterocycles. The minimum absolute atomic E-state index is 0.309. The molecule has 1 atom stereocenters. The molecule has 2 aromatic carbocycles. The fraction of sp³-hybridized carbons (Fsp3) is 0.250. The Morgan fingerprint density at radius 2 is 1.81 bits per heavy atom. The lowest BCUT2D eigenvalue weighted by atomic mass is 9.96. The van der Waals surface area contributed by atoms with E-state index in [0.29, 0.717) is 4.47 Å². The predicted molar refractivity (Wildman–Crippen MR) is 92.0 cm³/mol. The number of halogens is 4. The summed E-state index contributed by atoms with van der Waals surface area (Å²) in [6.45, 7) is 3.95. The second kappa shape index (κ2) is 6.67. The number of hydrogen-bond donors (Lipinski definition) is 0. The Morgan fingerprint density at radius 3 is 2.38 bits per heavy atom. The molecule has 0 radical (unpaired) electrons. The summed E-state index contributed by atoms with van der Waals surface area (Å²) in [5.41, 5.74) is 3.71. The molecule has 2 rings (SSSR count). The van der Waals surface area contributed by atoms with Crippen molar-refractivity contribution in [1.29, 1.82) is 0 Å². The molecule has 21 heavy (non-hydrogen) atoms. The molecular formula is C16H14Br2ClFO. The standard InChI is InChI=1S/C16H14Br2ClFO/c1-8-6-11(17)9(2)14(16(8)21-3)15(19)10-4-5-13(20)12(18)7-10/h4-7,15H,1-3H3. The quantitative estimate of drug-likeness (QED) is 0.513. The van der Waals surface area contributed by atoms with E-state index in [1.54, 1.807) is 19.2 Å². The monoisotopic (exact) mass is 434 g/mol. The minimum atomic E-state index is -0.423. The summed E-state index contributed by atoms with van der Waals surface area (Å²) in [4.78, 5) is 0. The van der Waals surface area contributed by atoms with Gasteiger partial charge >= 0.3 is 0 Å². The molecule has 0 heterocycles. The van der Waals surface area contributed by atoms with Crippen molar-refractivity contribution in [3.63, 3.8) is 0 Å². The summed E-state index contributed by atoms with van der Waals surface area (Å²) in [5.74, 6) is 0.452. The van der Waals surface area contributed by atoms with Crippen molar-refractivity contribution in [3.8, 4) is 5.75 Å². The van der Waals surface area contributed by atoms with Gasteiger partial charge in [-0.05, 0) is 64.7 Å². The van der Waals surface area contributed by atoms with E-state index in [9.17, 15) is 4.39 Å². The van der Waals surface area contributed by atoms with E-state index >= 15 is 0 Å². The Bertz CT molecular complexity index is 688. The number of aryl methyl sites for hydroxylation is 1. The van der Waals surface area contributed by atoms with Crippen LogP contribution < -0.4 is 4.74 Å². The van der Waals surface area contributed by atoms with Crippen LogP contribution in [0.2, 0.25) is 0 Å². The number of ether oxygens (including phenoxy) is 1. The number of rotatable bonds is 3. The Kier molecular flexibility index (Phi) is 5.33. The van der Waals surface area contributed by atoms with E-state index in [0.717, 1.165) is 32.5 Å². The lowest BCUT2D eigenvalue weighted by molar-refractivity contribution is 0.406. The van der Waals surface area contributed by atoms with Crippen LogP contribution in [0.15, 0.2) is 33.2 Å². The molecule has 0 aliphatic carbocycles. The SMILES string of the molecule is COc1c(C)cc(Br)c(C)c1C(Cl)c1ccc(F)c(Br)c1. The Labute approximate surface area is 145 Å². The van der Waals surface area contributed by atoms with Crippen molar-refractivity contribution in [2.24, 2.45) is 0 Å². The highest BCUT2D eigenvalue weighted by Gasteiger charge is 2.22. The van der Waals surface area contributed by atoms with Gasteiger partial charge < -0.3 is 4.74 Å². The number of methoxy groups -OCH3 is 1. The lowest BCUT2D eigenvalue weighted by Gasteiger charge is -2.20. The number of hydrogen-bond acceptors (Lipinski definition) is 1. The first-order chi connectivity index (χ1) is 9.86. The molecule has 2 aromatic rings. The number of alkyl halides is 1. The van der Waals surface area contributed by atoms with Crippen molar-refractivity contribution in [1.82, 2.24) is 0 Å². The van der Waals surface area contributed by atoms with Crippen LogP contribution in [0, 0.1) is 19.7 Å². The molecule has 1 unspecified atom stereocenters. The van der Waals surface area contributed by atoms with Gasteiger partial charge in [-0.3, -0.25) is 0 Å². The van der Waals surface area contributed by atoms with Gasteiger partial charge in [-0.2, -0.15) is 0 Å². The van der Waals surface area contributed by atoms with Crippen molar-refractivity contribution in [3.05, 3.63) is 61.3 Å². The average molecular weight is 437 g/mol. The van der Waals surface area contributed by atoms with Crippen LogP contribution in [0.5, 0.6) is 5.75 Å². The second-order valence-corrected chi connectivity index (χ2v) is 6.93. The Morgan fingerprint density at radius 1 is 1.14 bits per heavy atom. The van der Waals surface area contributed by atoms with Crippen LogP contribution in [0.1, 0.15) is 27.6 Å². The van der Waals surface area contributed by atoms with E-state index in [1.165, 1.54) is 6.07 Å². The molecule has 112 valence electrons. The smallest absolute Gasteiger partial charge is 0.137 e. The summed E-state index contributed by atoms with van der Waals surface area (Å²) in [7, 11) is 1.63. The molecule has 0 aromatic heterocycles. The molecule has 1 nitrogen and oxygen atoms in total. The van der Waals surface area contributed by atoms with Crippen LogP contribution in [-0.2, 0) is 0 Å². The molecule has 0 saturated carbocycles. The van der Waals surface area contributed by atoms with E-state index in [2.05, 4.69) is 31.9 Å². The third-order valence-corrected chi connectivity index (χ3v) is 5.30. The maximum Gasteiger partial charge on any atom is 0.137 e. The summed E-state index contributed by atoms with van der Waals surface area (Å²) in [6.07, 6.45) is 0. The fourth-order valence-electron chi connectivity index (χ4n) is 2.29. The lowest BCUT2D eigenvalue weighted by Crippen LogP contribution is -2.03. The third kappa shape index (κ3) is 3.27. The van der Waals surface area contributed by atoms with Gasteiger partial charge in [-0.1, -0.05) is 22.0 Å².